The van der Waals surface area contributed by atoms with E-state index >= 15 is 0 Å². The molecular formula is C22H36N4O2. The van der Waals surface area contributed by atoms with E-state index < -0.39 is 0 Å². The van der Waals surface area contributed by atoms with Crippen molar-refractivity contribution in [3.63, 3.8) is 0 Å². The SMILES string of the molecule is O=C(CCc1nnc(C2CCCC2)o1)N1CCC(CCCN2CCCC2)CC1. The number of hydrogen-bond donors (Lipinski definition) is 0. The lowest BCUT2D eigenvalue weighted by atomic mass is 9.92. The molecule has 1 aromatic heterocycles. The fourth-order valence-electron chi connectivity index (χ4n) is 5.16. The molecule has 0 spiro atoms. The number of carbonyl (C=O) groups is 1. The van der Waals surface area contributed by atoms with Crippen molar-refractivity contribution >= 4 is 5.91 Å². The van der Waals surface area contributed by atoms with Crippen molar-refractivity contribution < 1.29 is 9.21 Å². The van der Waals surface area contributed by atoms with Gasteiger partial charge in [0.05, 0.1) is 0 Å². The van der Waals surface area contributed by atoms with Crippen LogP contribution in [0.4, 0.5) is 0 Å². The predicted octanol–water partition coefficient (Wildman–Crippen LogP) is 3.77. The van der Waals surface area contributed by atoms with Crippen LogP contribution in [0, 0.1) is 5.92 Å². The highest BCUT2D eigenvalue weighted by atomic mass is 16.4. The summed E-state index contributed by atoms with van der Waals surface area (Å²) in [5.74, 6) is 2.91. The van der Waals surface area contributed by atoms with E-state index in [2.05, 4.69) is 15.1 Å². The Kier molecular flexibility index (Phi) is 7.00. The molecule has 0 bridgehead atoms. The van der Waals surface area contributed by atoms with Gasteiger partial charge in [-0.25, -0.2) is 0 Å². The number of carbonyl (C=O) groups excluding carboxylic acids is 1. The second-order valence-corrected chi connectivity index (χ2v) is 9.03. The summed E-state index contributed by atoms with van der Waals surface area (Å²) >= 11 is 0. The summed E-state index contributed by atoms with van der Waals surface area (Å²) in [7, 11) is 0. The lowest BCUT2D eigenvalue weighted by molar-refractivity contribution is -0.132. The molecule has 156 valence electrons. The van der Waals surface area contributed by atoms with Crippen LogP contribution in [0.2, 0.25) is 0 Å². The van der Waals surface area contributed by atoms with Crippen LogP contribution in [-0.4, -0.2) is 58.6 Å². The van der Waals surface area contributed by atoms with Gasteiger partial charge in [-0.2, -0.15) is 0 Å². The molecule has 0 atom stereocenters. The first-order chi connectivity index (χ1) is 13.8. The zero-order valence-electron chi connectivity index (χ0n) is 17.3. The molecule has 0 unspecified atom stereocenters. The summed E-state index contributed by atoms with van der Waals surface area (Å²) in [4.78, 5) is 17.2. The topological polar surface area (TPSA) is 62.5 Å². The number of nitrogens with zero attached hydrogens (tertiary/aromatic N) is 4. The van der Waals surface area contributed by atoms with E-state index in [1.54, 1.807) is 0 Å². The lowest BCUT2D eigenvalue weighted by Crippen LogP contribution is -2.38. The average molecular weight is 389 g/mol. The second-order valence-electron chi connectivity index (χ2n) is 9.03. The molecule has 3 heterocycles. The van der Waals surface area contributed by atoms with Crippen molar-refractivity contribution in [3.05, 3.63) is 11.8 Å². The minimum Gasteiger partial charge on any atom is -0.425 e. The predicted molar refractivity (Wildman–Crippen MR) is 108 cm³/mol. The molecule has 4 rings (SSSR count). The van der Waals surface area contributed by atoms with Crippen molar-refractivity contribution in [2.24, 2.45) is 5.92 Å². The molecule has 0 N–H and O–H groups in total. The van der Waals surface area contributed by atoms with Gasteiger partial charge >= 0.3 is 0 Å². The highest BCUT2D eigenvalue weighted by Gasteiger charge is 2.25. The molecule has 1 aliphatic carbocycles. The zero-order valence-corrected chi connectivity index (χ0v) is 17.3. The molecule has 0 radical (unpaired) electrons. The summed E-state index contributed by atoms with van der Waals surface area (Å²) < 4.78 is 5.81. The van der Waals surface area contributed by atoms with Gasteiger partial charge in [0.25, 0.3) is 0 Å². The van der Waals surface area contributed by atoms with Gasteiger partial charge in [0.1, 0.15) is 0 Å². The van der Waals surface area contributed by atoms with Gasteiger partial charge in [-0.05, 0) is 76.9 Å². The molecule has 3 fully saturated rings. The molecule has 1 amide bonds. The Bertz CT molecular complexity index is 612. The number of hydrogen-bond acceptors (Lipinski definition) is 5. The maximum Gasteiger partial charge on any atom is 0.223 e. The van der Waals surface area contributed by atoms with Crippen LogP contribution in [0.3, 0.4) is 0 Å². The largest absolute Gasteiger partial charge is 0.425 e. The average Bonchev–Trinajstić information content (AvgIpc) is 3.49. The van der Waals surface area contributed by atoms with E-state index in [0.717, 1.165) is 50.6 Å². The first-order valence-corrected chi connectivity index (χ1v) is 11.6. The summed E-state index contributed by atoms with van der Waals surface area (Å²) in [5.41, 5.74) is 0. The first kappa shape index (κ1) is 19.9. The first-order valence-electron chi connectivity index (χ1n) is 11.6. The van der Waals surface area contributed by atoms with Crippen LogP contribution >= 0.6 is 0 Å². The van der Waals surface area contributed by atoms with Gasteiger partial charge in [-0.3, -0.25) is 4.79 Å². The van der Waals surface area contributed by atoms with Crippen LogP contribution in [-0.2, 0) is 11.2 Å². The summed E-state index contributed by atoms with van der Waals surface area (Å²) in [6.07, 6.45) is 13.6. The lowest BCUT2D eigenvalue weighted by Gasteiger charge is -2.32. The number of rotatable bonds is 8. The molecule has 0 aromatic carbocycles. The van der Waals surface area contributed by atoms with Crippen molar-refractivity contribution in [1.82, 2.24) is 20.0 Å². The van der Waals surface area contributed by atoms with E-state index in [-0.39, 0.29) is 5.91 Å². The number of amides is 1. The highest BCUT2D eigenvalue weighted by Crippen LogP contribution is 2.33. The summed E-state index contributed by atoms with van der Waals surface area (Å²) in [6, 6.07) is 0. The van der Waals surface area contributed by atoms with Crippen LogP contribution in [0.5, 0.6) is 0 Å². The van der Waals surface area contributed by atoms with Gasteiger partial charge in [-0.1, -0.05) is 12.8 Å². The Labute approximate surface area is 169 Å². The van der Waals surface area contributed by atoms with Crippen molar-refractivity contribution in [2.45, 2.75) is 83.0 Å². The van der Waals surface area contributed by atoms with Gasteiger partial charge < -0.3 is 14.2 Å². The minimum atomic E-state index is 0.246. The van der Waals surface area contributed by atoms with Gasteiger partial charge in [-0.15, -0.1) is 10.2 Å². The number of piperidine rings is 1. The van der Waals surface area contributed by atoms with Crippen LogP contribution in [0.25, 0.3) is 0 Å². The number of aromatic nitrogens is 2. The van der Waals surface area contributed by atoms with E-state index in [0.29, 0.717) is 24.7 Å². The molecule has 6 nitrogen and oxygen atoms in total. The fraction of sp³-hybridized carbons (Fsp3) is 0.864. The standard InChI is InChI=1S/C22H36N4O2/c27-21(10-9-20-23-24-22(28-20)19-7-1-2-8-19)26-16-11-18(12-17-26)6-5-15-25-13-3-4-14-25/h18-19H,1-17H2. The molecule has 1 aromatic rings. The van der Waals surface area contributed by atoms with Crippen molar-refractivity contribution in [2.75, 3.05) is 32.7 Å². The second kappa shape index (κ2) is 9.86. The molecule has 3 aliphatic rings. The Morgan fingerprint density at radius 2 is 1.71 bits per heavy atom. The molecule has 28 heavy (non-hydrogen) atoms. The van der Waals surface area contributed by atoms with Gasteiger partial charge in [0, 0.05) is 31.8 Å². The van der Waals surface area contributed by atoms with Crippen LogP contribution in [0.1, 0.15) is 88.3 Å². The fourth-order valence-corrected chi connectivity index (χ4v) is 5.16. The maximum atomic E-state index is 12.6. The third kappa shape index (κ3) is 5.34. The van der Waals surface area contributed by atoms with E-state index in [9.17, 15) is 4.79 Å². The molecular weight excluding hydrogens is 352 g/mol. The number of aryl methyl sites for hydroxylation is 1. The summed E-state index contributed by atoms with van der Waals surface area (Å²) in [5, 5.41) is 8.38. The van der Waals surface area contributed by atoms with Gasteiger partial charge in [0.15, 0.2) is 0 Å². The molecule has 2 aliphatic heterocycles. The third-order valence-corrected chi connectivity index (χ3v) is 6.99. The molecule has 6 heteroatoms. The monoisotopic (exact) mass is 388 g/mol. The summed E-state index contributed by atoms with van der Waals surface area (Å²) in [6.45, 7) is 5.71. The molecule has 2 saturated heterocycles. The maximum absolute atomic E-state index is 12.6. The smallest absolute Gasteiger partial charge is 0.223 e. The van der Waals surface area contributed by atoms with Crippen molar-refractivity contribution in [3.8, 4) is 0 Å². The van der Waals surface area contributed by atoms with E-state index in [4.69, 9.17) is 4.42 Å². The van der Waals surface area contributed by atoms with E-state index in [1.165, 1.54) is 58.2 Å². The van der Waals surface area contributed by atoms with Crippen molar-refractivity contribution in [1.29, 1.82) is 0 Å². The third-order valence-electron chi connectivity index (χ3n) is 6.99. The molecule has 1 saturated carbocycles. The van der Waals surface area contributed by atoms with E-state index in [1.807, 2.05) is 4.90 Å². The Morgan fingerprint density at radius 3 is 2.46 bits per heavy atom. The Morgan fingerprint density at radius 1 is 0.964 bits per heavy atom. The Balaban J connectivity index is 1.12. The van der Waals surface area contributed by atoms with Crippen LogP contribution < -0.4 is 0 Å². The quantitative estimate of drug-likeness (QED) is 0.678. The highest BCUT2D eigenvalue weighted by molar-refractivity contribution is 5.76. The number of likely N-dealkylation sites (tertiary alicyclic amines) is 2. The Hall–Kier alpha value is -1.43. The minimum absolute atomic E-state index is 0.246. The zero-order chi connectivity index (χ0) is 19.2. The normalized spacial score (nSPS) is 22.4. The van der Waals surface area contributed by atoms with Gasteiger partial charge in [0.2, 0.25) is 17.7 Å². The van der Waals surface area contributed by atoms with Crippen LogP contribution in [0.15, 0.2) is 4.42 Å².